The molecule has 5 heteroatoms. The maximum atomic E-state index is 11.2. The summed E-state index contributed by atoms with van der Waals surface area (Å²) >= 11 is 3.55. The summed E-state index contributed by atoms with van der Waals surface area (Å²) in [4.78, 5) is 11.2. The normalized spacial score (nSPS) is 15.7. The number of hydrogen-bond acceptors (Lipinski definition) is 2. The predicted molar refractivity (Wildman–Crippen MR) is 87.6 cm³/mol. The molecule has 1 aliphatic carbocycles. The molecule has 2 aromatic rings. The van der Waals surface area contributed by atoms with Gasteiger partial charge in [-0.2, -0.15) is 5.26 Å². The van der Waals surface area contributed by atoms with Gasteiger partial charge in [-0.15, -0.1) is 0 Å². The Morgan fingerprint density at radius 1 is 1.50 bits per heavy atom. The largest absolute Gasteiger partial charge is 0.481 e. The number of carbonyl (C=O) groups is 1. The van der Waals surface area contributed by atoms with Crippen LogP contribution < -0.4 is 0 Å². The van der Waals surface area contributed by atoms with Gasteiger partial charge in [0.2, 0.25) is 0 Å². The highest BCUT2D eigenvalue weighted by Gasteiger charge is 2.43. The fourth-order valence-corrected chi connectivity index (χ4v) is 3.80. The summed E-state index contributed by atoms with van der Waals surface area (Å²) in [6.07, 6.45) is 2.72. The first-order valence-corrected chi connectivity index (χ1v) is 8.12. The topological polar surface area (TPSA) is 66.0 Å². The Morgan fingerprint density at radius 3 is 2.82 bits per heavy atom. The van der Waals surface area contributed by atoms with Crippen LogP contribution in [0.3, 0.4) is 0 Å². The van der Waals surface area contributed by atoms with Crippen molar-refractivity contribution in [3.8, 4) is 6.07 Å². The van der Waals surface area contributed by atoms with Crippen molar-refractivity contribution in [1.82, 2.24) is 4.57 Å². The Kier molecular flexibility index (Phi) is 3.73. The van der Waals surface area contributed by atoms with Crippen molar-refractivity contribution in [3.63, 3.8) is 0 Å². The van der Waals surface area contributed by atoms with Crippen LogP contribution in [0.4, 0.5) is 0 Å². The average molecular weight is 361 g/mol. The number of aliphatic carboxylic acids is 1. The van der Waals surface area contributed by atoms with E-state index >= 15 is 0 Å². The third-order valence-corrected chi connectivity index (χ3v) is 5.32. The summed E-state index contributed by atoms with van der Waals surface area (Å²) in [5.74, 6) is -0.823. The van der Waals surface area contributed by atoms with Gasteiger partial charge in [-0.3, -0.25) is 4.79 Å². The van der Waals surface area contributed by atoms with E-state index < -0.39 is 5.97 Å². The Bertz CT molecular complexity index is 797. The molecule has 0 amide bonds. The second kappa shape index (κ2) is 5.44. The van der Waals surface area contributed by atoms with Crippen molar-refractivity contribution in [2.24, 2.45) is 5.41 Å². The molecule has 1 saturated carbocycles. The lowest BCUT2D eigenvalue weighted by Gasteiger charge is -2.15. The summed E-state index contributed by atoms with van der Waals surface area (Å²) in [5, 5.41) is 19.2. The minimum atomic E-state index is -0.823. The number of fused-ring (bicyclic) bond motifs is 1. The van der Waals surface area contributed by atoms with Crippen molar-refractivity contribution in [2.75, 3.05) is 0 Å². The van der Waals surface area contributed by atoms with E-state index in [-0.39, 0.29) is 11.8 Å². The minimum absolute atomic E-state index is 0.0171. The maximum Gasteiger partial charge on any atom is 0.307 e. The molecule has 4 nitrogen and oxygen atoms in total. The highest BCUT2D eigenvalue weighted by molar-refractivity contribution is 9.10. The van der Waals surface area contributed by atoms with Gasteiger partial charge < -0.3 is 9.67 Å². The molecule has 1 N–H and O–H groups in total. The molecule has 1 aromatic carbocycles. The first kappa shape index (κ1) is 15.1. The van der Waals surface area contributed by atoms with E-state index in [4.69, 9.17) is 5.26 Å². The van der Waals surface area contributed by atoms with E-state index in [0.717, 1.165) is 46.0 Å². The molecule has 0 bridgehead atoms. The van der Waals surface area contributed by atoms with E-state index in [0.29, 0.717) is 6.42 Å². The van der Waals surface area contributed by atoms with Gasteiger partial charge in [-0.05, 0) is 37.5 Å². The molecule has 0 unspecified atom stereocenters. The second-order valence-corrected chi connectivity index (χ2v) is 7.04. The summed E-state index contributed by atoms with van der Waals surface area (Å²) < 4.78 is 3.12. The summed E-state index contributed by atoms with van der Waals surface area (Å²) in [7, 11) is 0. The van der Waals surface area contributed by atoms with Crippen LogP contribution in [0.15, 0.2) is 22.7 Å². The van der Waals surface area contributed by atoms with E-state index in [9.17, 15) is 9.90 Å². The Labute approximate surface area is 137 Å². The van der Waals surface area contributed by atoms with Crippen molar-refractivity contribution < 1.29 is 9.90 Å². The minimum Gasteiger partial charge on any atom is -0.481 e. The van der Waals surface area contributed by atoms with Gasteiger partial charge in [0, 0.05) is 39.5 Å². The maximum absolute atomic E-state index is 11.2. The molecule has 0 aliphatic heterocycles. The lowest BCUT2D eigenvalue weighted by molar-refractivity contribution is -0.136. The zero-order valence-electron chi connectivity index (χ0n) is 12.4. The molecule has 1 fully saturated rings. The van der Waals surface area contributed by atoms with Crippen LogP contribution in [-0.2, 0) is 17.8 Å². The number of nitrogens with zero attached hydrogens (tertiary/aromatic N) is 2. The number of nitriles is 1. The first-order valence-electron chi connectivity index (χ1n) is 7.32. The molecule has 1 aromatic heterocycles. The molecule has 0 saturated heterocycles. The van der Waals surface area contributed by atoms with Crippen molar-refractivity contribution in [3.05, 3.63) is 33.9 Å². The molecule has 1 aliphatic rings. The van der Waals surface area contributed by atoms with Gasteiger partial charge in [0.25, 0.3) is 0 Å². The Hall–Kier alpha value is -1.80. The highest BCUT2D eigenvalue weighted by atomic mass is 79.9. The zero-order chi connectivity index (χ0) is 15.9. The molecule has 114 valence electrons. The van der Waals surface area contributed by atoms with E-state index in [2.05, 4.69) is 26.6 Å². The van der Waals surface area contributed by atoms with Crippen LogP contribution in [0.2, 0.25) is 0 Å². The first-order chi connectivity index (χ1) is 10.5. The van der Waals surface area contributed by atoms with Crippen LogP contribution >= 0.6 is 15.9 Å². The molecular formula is C17H17BrN2O2. The van der Waals surface area contributed by atoms with E-state index in [1.54, 1.807) is 0 Å². The van der Waals surface area contributed by atoms with E-state index in [1.807, 2.05) is 25.1 Å². The lowest BCUT2D eigenvalue weighted by Crippen LogP contribution is -2.13. The van der Waals surface area contributed by atoms with Gasteiger partial charge in [-0.25, -0.2) is 0 Å². The van der Waals surface area contributed by atoms with Gasteiger partial charge in [0.15, 0.2) is 0 Å². The number of hydrogen-bond donors (Lipinski definition) is 1. The molecule has 1 heterocycles. The fourth-order valence-electron chi connectivity index (χ4n) is 3.20. The van der Waals surface area contributed by atoms with Crippen LogP contribution in [-0.4, -0.2) is 15.6 Å². The van der Waals surface area contributed by atoms with Gasteiger partial charge in [-0.1, -0.05) is 22.0 Å². The second-order valence-electron chi connectivity index (χ2n) is 6.19. The molecule has 0 atom stereocenters. The van der Waals surface area contributed by atoms with Gasteiger partial charge >= 0.3 is 5.97 Å². The van der Waals surface area contributed by atoms with Crippen LogP contribution in [0.1, 0.15) is 30.5 Å². The fraction of sp³-hybridized carbons (Fsp3) is 0.412. The molecule has 0 spiro atoms. The SMILES string of the molecule is Cc1c(CC(=O)O)c2c(Br)cccc2n1CC1(CC#N)CC1. The van der Waals surface area contributed by atoms with Crippen molar-refractivity contribution in [1.29, 1.82) is 5.26 Å². The molecule has 22 heavy (non-hydrogen) atoms. The summed E-state index contributed by atoms with van der Waals surface area (Å²) in [6, 6.07) is 8.23. The van der Waals surface area contributed by atoms with Crippen molar-refractivity contribution >= 4 is 32.8 Å². The van der Waals surface area contributed by atoms with Crippen LogP contribution in [0.25, 0.3) is 10.9 Å². The number of benzene rings is 1. The monoisotopic (exact) mass is 360 g/mol. The summed E-state index contributed by atoms with van der Waals surface area (Å²) in [6.45, 7) is 2.77. The molecule has 3 rings (SSSR count). The highest BCUT2D eigenvalue weighted by Crippen LogP contribution is 2.51. The van der Waals surface area contributed by atoms with Gasteiger partial charge in [0.1, 0.15) is 0 Å². The molecular weight excluding hydrogens is 344 g/mol. The average Bonchev–Trinajstić information content (AvgIpc) is 3.16. The number of rotatable bonds is 5. The standard InChI is InChI=1S/C17H17BrN2O2/c1-11-12(9-15(21)22)16-13(18)3-2-4-14(16)20(11)10-17(5-6-17)7-8-19/h2-4H,5-7,9-10H2,1H3,(H,21,22). The number of halogens is 1. The van der Waals surface area contributed by atoms with Gasteiger partial charge in [0.05, 0.1) is 12.5 Å². The Morgan fingerprint density at radius 2 is 2.23 bits per heavy atom. The van der Waals surface area contributed by atoms with Crippen LogP contribution in [0.5, 0.6) is 0 Å². The predicted octanol–water partition coefficient (Wildman–Crippen LogP) is 4.03. The lowest BCUT2D eigenvalue weighted by atomic mass is 10.0. The van der Waals surface area contributed by atoms with E-state index in [1.165, 1.54) is 0 Å². The summed E-state index contributed by atoms with van der Waals surface area (Å²) in [5.41, 5.74) is 2.98. The third kappa shape index (κ3) is 2.52. The third-order valence-electron chi connectivity index (χ3n) is 4.66. The number of carboxylic acids is 1. The van der Waals surface area contributed by atoms with Crippen LogP contribution in [0, 0.1) is 23.7 Å². The number of carboxylic acid groups (broad SMARTS) is 1. The number of aromatic nitrogens is 1. The zero-order valence-corrected chi connectivity index (χ0v) is 14.0. The quantitative estimate of drug-likeness (QED) is 0.874. The van der Waals surface area contributed by atoms with Crippen molar-refractivity contribution in [2.45, 2.75) is 39.2 Å². The Balaban J connectivity index is 2.14. The molecule has 0 radical (unpaired) electrons. The smallest absolute Gasteiger partial charge is 0.307 e.